The lowest BCUT2D eigenvalue weighted by molar-refractivity contribution is -0.132. The van der Waals surface area contributed by atoms with Crippen molar-refractivity contribution in [2.75, 3.05) is 6.61 Å². The number of aliphatic imine (C=N–C) groups is 1. The average molecular weight is 347 g/mol. The van der Waals surface area contributed by atoms with Crippen LogP contribution in [0.4, 0.5) is 0 Å². The Morgan fingerprint density at radius 3 is 2.55 bits per heavy atom. The molecule has 0 saturated heterocycles. The Morgan fingerprint density at radius 2 is 2.05 bits per heavy atom. The number of carboxylic acids is 1. The molecule has 0 bridgehead atoms. The molecule has 0 aliphatic rings. The molecule has 0 aliphatic heterocycles. The first-order valence-corrected chi connectivity index (χ1v) is 7.15. The van der Waals surface area contributed by atoms with Crippen molar-refractivity contribution in [1.82, 2.24) is 4.98 Å². The first-order chi connectivity index (χ1) is 10.3. The molecule has 6 nitrogen and oxygen atoms in total. The van der Waals surface area contributed by atoms with Crippen LogP contribution in [0.5, 0.6) is 0 Å². The van der Waals surface area contributed by atoms with Gasteiger partial charge in [-0.05, 0) is 12.0 Å². The number of halogens is 2. The zero-order valence-electron chi connectivity index (χ0n) is 12.0. The van der Waals surface area contributed by atoms with Gasteiger partial charge >= 0.3 is 5.97 Å². The van der Waals surface area contributed by atoms with Gasteiger partial charge in [-0.25, -0.2) is 9.78 Å². The summed E-state index contributed by atoms with van der Waals surface area (Å²) in [5, 5.41) is 28.7. The number of pyridine rings is 1. The Bertz CT molecular complexity index is 615. The van der Waals surface area contributed by atoms with E-state index in [1.165, 1.54) is 12.3 Å². The number of rotatable bonds is 6. The molecule has 0 saturated carbocycles. The number of nitrogens with zero attached hydrogens (tertiary/aromatic N) is 2. The minimum atomic E-state index is -1.39. The van der Waals surface area contributed by atoms with Crippen LogP contribution in [0.3, 0.4) is 0 Å². The number of hydrogen-bond acceptors (Lipinski definition) is 5. The maximum atomic E-state index is 11.3. The second-order valence-corrected chi connectivity index (χ2v) is 5.63. The van der Waals surface area contributed by atoms with E-state index in [9.17, 15) is 20.1 Å². The molecule has 8 heteroatoms. The van der Waals surface area contributed by atoms with Crippen molar-refractivity contribution >= 4 is 41.1 Å². The van der Waals surface area contributed by atoms with Crippen LogP contribution in [0.25, 0.3) is 5.76 Å². The van der Waals surface area contributed by atoms with Crippen LogP contribution in [0.2, 0.25) is 10.2 Å². The second-order valence-electron chi connectivity index (χ2n) is 4.83. The molecule has 1 aromatic rings. The summed E-state index contributed by atoms with van der Waals surface area (Å²) in [5.74, 6) is -1.98. The summed E-state index contributed by atoms with van der Waals surface area (Å²) in [6, 6.07) is 0.824. The normalized spacial score (nSPS) is 14.3. The summed E-state index contributed by atoms with van der Waals surface area (Å²) in [5.41, 5.74) is -0.479. The third-order valence-corrected chi connectivity index (χ3v) is 3.41. The molecule has 3 N–H and O–H groups in total. The van der Waals surface area contributed by atoms with Crippen LogP contribution in [-0.4, -0.2) is 45.1 Å². The zero-order chi connectivity index (χ0) is 16.9. The summed E-state index contributed by atoms with van der Waals surface area (Å²) >= 11 is 11.6. The van der Waals surface area contributed by atoms with E-state index in [1.807, 2.05) is 13.8 Å². The molecule has 1 unspecified atom stereocenters. The Balaban J connectivity index is 3.31. The van der Waals surface area contributed by atoms with E-state index in [0.29, 0.717) is 0 Å². The first kappa shape index (κ1) is 18.4. The van der Waals surface area contributed by atoms with Gasteiger partial charge in [-0.15, -0.1) is 0 Å². The highest BCUT2D eigenvalue weighted by Crippen LogP contribution is 2.25. The number of aromatic nitrogens is 1. The fraction of sp³-hybridized carbons (Fsp3) is 0.357. The number of hydrogen-bond donors (Lipinski definition) is 3. The summed E-state index contributed by atoms with van der Waals surface area (Å²) in [4.78, 5) is 19.0. The smallest absolute Gasteiger partial charge is 0.341 e. The van der Waals surface area contributed by atoms with E-state index in [-0.39, 0.29) is 28.3 Å². The Kier molecular flexibility index (Phi) is 6.80. The molecule has 22 heavy (non-hydrogen) atoms. The van der Waals surface area contributed by atoms with E-state index >= 15 is 0 Å². The van der Waals surface area contributed by atoms with Gasteiger partial charge in [0.15, 0.2) is 0 Å². The standard InChI is InChI=1S/C14H16Cl2N2O4/c1-7(2)11(6-19)17-5-10(14(21)22)12(20)9-3-8(15)4-18-13(9)16/h3-5,7,11,19-20H,6H2,1-2H3,(H,21,22). The molecule has 120 valence electrons. The monoisotopic (exact) mass is 346 g/mol. The molecule has 1 atom stereocenters. The summed E-state index contributed by atoms with van der Waals surface area (Å²) in [6.45, 7) is 3.43. The van der Waals surface area contributed by atoms with E-state index in [0.717, 1.165) is 6.21 Å². The minimum Gasteiger partial charge on any atom is -0.506 e. The van der Waals surface area contributed by atoms with Gasteiger partial charge in [-0.3, -0.25) is 4.99 Å². The molecule has 1 rings (SSSR count). The van der Waals surface area contributed by atoms with Gasteiger partial charge in [-0.1, -0.05) is 37.0 Å². The minimum absolute atomic E-state index is 0.00913. The third kappa shape index (κ3) is 4.69. The molecule has 1 heterocycles. The molecular weight excluding hydrogens is 331 g/mol. The molecule has 0 aromatic carbocycles. The number of carboxylic acid groups (broad SMARTS) is 1. The van der Waals surface area contributed by atoms with Gasteiger partial charge in [0, 0.05) is 12.4 Å². The van der Waals surface area contributed by atoms with Crippen molar-refractivity contribution in [1.29, 1.82) is 0 Å². The maximum Gasteiger partial charge on any atom is 0.341 e. The third-order valence-electron chi connectivity index (χ3n) is 2.90. The maximum absolute atomic E-state index is 11.3. The lowest BCUT2D eigenvalue weighted by atomic mass is 10.1. The van der Waals surface area contributed by atoms with Crippen molar-refractivity contribution in [2.45, 2.75) is 19.9 Å². The van der Waals surface area contributed by atoms with E-state index in [2.05, 4.69) is 9.98 Å². The lowest BCUT2D eigenvalue weighted by Crippen LogP contribution is -2.18. The SMILES string of the molecule is CC(C)C(CO)N=CC(C(=O)O)=C(O)c1cc(Cl)cnc1Cl. The number of aliphatic hydroxyl groups is 2. The van der Waals surface area contributed by atoms with Gasteiger partial charge < -0.3 is 15.3 Å². The van der Waals surface area contributed by atoms with Gasteiger partial charge in [0.2, 0.25) is 0 Å². The summed E-state index contributed by atoms with van der Waals surface area (Å²) in [7, 11) is 0. The molecular formula is C14H16Cl2N2O4. The van der Waals surface area contributed by atoms with Gasteiger partial charge in [0.05, 0.1) is 23.2 Å². The largest absolute Gasteiger partial charge is 0.506 e. The highest BCUT2D eigenvalue weighted by molar-refractivity contribution is 6.33. The van der Waals surface area contributed by atoms with Crippen LogP contribution in [0, 0.1) is 5.92 Å². The molecule has 0 amide bonds. The Labute approximate surface area is 137 Å². The van der Waals surface area contributed by atoms with E-state index in [4.69, 9.17) is 23.2 Å². The van der Waals surface area contributed by atoms with Crippen LogP contribution < -0.4 is 0 Å². The van der Waals surface area contributed by atoms with Crippen molar-refractivity contribution in [3.63, 3.8) is 0 Å². The molecule has 0 fully saturated rings. The van der Waals surface area contributed by atoms with Gasteiger partial charge in [0.25, 0.3) is 0 Å². The van der Waals surface area contributed by atoms with Gasteiger partial charge in [0.1, 0.15) is 16.5 Å². The second kappa shape index (κ2) is 8.12. The number of aliphatic hydroxyl groups excluding tert-OH is 2. The fourth-order valence-corrected chi connectivity index (χ4v) is 1.90. The quantitative estimate of drug-likeness (QED) is 0.318. The van der Waals surface area contributed by atoms with Crippen molar-refractivity contribution in [2.24, 2.45) is 10.9 Å². The molecule has 0 aliphatic carbocycles. The summed E-state index contributed by atoms with van der Waals surface area (Å²) < 4.78 is 0. The van der Waals surface area contributed by atoms with Crippen LogP contribution >= 0.6 is 23.2 Å². The van der Waals surface area contributed by atoms with Crippen LogP contribution in [-0.2, 0) is 4.79 Å². The predicted molar refractivity (Wildman–Crippen MR) is 85.6 cm³/mol. The van der Waals surface area contributed by atoms with Gasteiger partial charge in [-0.2, -0.15) is 0 Å². The summed E-state index contributed by atoms with van der Waals surface area (Å²) in [6.07, 6.45) is 2.27. The topological polar surface area (TPSA) is 103 Å². The molecule has 0 spiro atoms. The van der Waals surface area contributed by atoms with Crippen molar-refractivity contribution in [3.8, 4) is 0 Å². The fourth-order valence-electron chi connectivity index (χ4n) is 1.55. The van der Waals surface area contributed by atoms with Crippen LogP contribution in [0.1, 0.15) is 19.4 Å². The van der Waals surface area contributed by atoms with Crippen molar-refractivity contribution in [3.05, 3.63) is 33.6 Å². The highest BCUT2D eigenvalue weighted by atomic mass is 35.5. The Morgan fingerprint density at radius 1 is 1.41 bits per heavy atom. The number of carbonyl (C=O) groups is 1. The molecule has 1 aromatic heterocycles. The Hall–Kier alpha value is -1.63. The number of aliphatic carboxylic acids is 1. The van der Waals surface area contributed by atoms with Crippen molar-refractivity contribution < 1.29 is 20.1 Å². The van der Waals surface area contributed by atoms with E-state index in [1.54, 1.807) is 0 Å². The average Bonchev–Trinajstić information content (AvgIpc) is 2.44. The van der Waals surface area contributed by atoms with Crippen LogP contribution in [0.15, 0.2) is 22.8 Å². The first-order valence-electron chi connectivity index (χ1n) is 6.39. The van der Waals surface area contributed by atoms with E-state index < -0.39 is 23.3 Å². The molecule has 0 radical (unpaired) electrons. The predicted octanol–water partition coefficient (Wildman–Crippen LogP) is 2.83. The lowest BCUT2D eigenvalue weighted by Gasteiger charge is -2.13. The highest BCUT2D eigenvalue weighted by Gasteiger charge is 2.18. The zero-order valence-corrected chi connectivity index (χ0v) is 13.5.